The average Bonchev–Trinajstić information content (AvgIpc) is 2.57. The Kier molecular flexibility index (Phi) is 2.89. The Morgan fingerprint density at radius 3 is 2.75 bits per heavy atom. The van der Waals surface area contributed by atoms with E-state index in [-0.39, 0.29) is 18.0 Å². The second kappa shape index (κ2) is 4.06. The minimum atomic E-state index is -0.235. The van der Waals surface area contributed by atoms with Crippen LogP contribution in [0.25, 0.3) is 0 Å². The molecule has 0 aliphatic carbocycles. The lowest BCUT2D eigenvalue weighted by molar-refractivity contribution is 0.281. The zero-order valence-electron chi connectivity index (χ0n) is 9.83. The maximum absolute atomic E-state index is 13.9. The topological polar surface area (TPSA) is 23.5 Å². The summed E-state index contributed by atoms with van der Waals surface area (Å²) in [7, 11) is 0. The Morgan fingerprint density at radius 2 is 2.19 bits per heavy atom. The molecule has 0 saturated carbocycles. The van der Waals surface area contributed by atoms with Gasteiger partial charge >= 0.3 is 0 Å². The van der Waals surface area contributed by atoms with Gasteiger partial charge in [-0.3, -0.25) is 0 Å². The van der Waals surface area contributed by atoms with Crippen LogP contribution in [0, 0.1) is 5.82 Å². The Bertz CT molecular complexity index is 390. The van der Waals surface area contributed by atoms with Gasteiger partial charge in [0.05, 0.1) is 12.3 Å². The molecule has 0 spiro atoms. The van der Waals surface area contributed by atoms with Gasteiger partial charge in [-0.25, -0.2) is 4.39 Å². The van der Waals surface area contributed by atoms with E-state index in [1.807, 2.05) is 0 Å². The van der Waals surface area contributed by atoms with Crippen molar-refractivity contribution in [3.63, 3.8) is 0 Å². The third-order valence-corrected chi connectivity index (χ3v) is 3.41. The molecule has 1 aromatic rings. The van der Waals surface area contributed by atoms with Gasteiger partial charge in [-0.05, 0) is 32.8 Å². The molecule has 1 aromatic carbocycles. The van der Waals surface area contributed by atoms with Crippen molar-refractivity contribution >= 4 is 5.69 Å². The zero-order chi connectivity index (χ0) is 11.8. The summed E-state index contributed by atoms with van der Waals surface area (Å²) in [5.41, 5.74) is 1.23. The minimum Gasteiger partial charge on any atom is -0.392 e. The zero-order valence-corrected chi connectivity index (χ0v) is 9.83. The van der Waals surface area contributed by atoms with Crippen molar-refractivity contribution in [2.24, 2.45) is 0 Å². The number of nitrogens with zero attached hydrogens (tertiary/aromatic N) is 1. The molecule has 2 rings (SSSR count). The fraction of sp³-hybridized carbons (Fsp3) is 0.538. The van der Waals surface area contributed by atoms with Crippen molar-refractivity contribution in [3.8, 4) is 0 Å². The third-order valence-electron chi connectivity index (χ3n) is 3.41. The van der Waals surface area contributed by atoms with Crippen molar-refractivity contribution in [2.75, 3.05) is 11.4 Å². The SMILES string of the molecule is CC1(C)CCCN1c1c(F)cccc1CO. The Balaban J connectivity index is 2.47. The molecular formula is C13H18FNO. The Labute approximate surface area is 95.7 Å². The van der Waals surface area contributed by atoms with Crippen molar-refractivity contribution in [1.29, 1.82) is 0 Å². The van der Waals surface area contributed by atoms with Crippen LogP contribution in [0.4, 0.5) is 10.1 Å². The van der Waals surface area contributed by atoms with Crippen LogP contribution in [0.5, 0.6) is 0 Å². The van der Waals surface area contributed by atoms with Gasteiger partial charge in [0.1, 0.15) is 5.82 Å². The quantitative estimate of drug-likeness (QED) is 0.833. The molecule has 1 fully saturated rings. The van der Waals surface area contributed by atoms with Gasteiger partial charge in [-0.2, -0.15) is 0 Å². The number of aliphatic hydroxyl groups is 1. The van der Waals surface area contributed by atoms with Crippen LogP contribution in [0.1, 0.15) is 32.3 Å². The maximum Gasteiger partial charge on any atom is 0.146 e. The summed E-state index contributed by atoms with van der Waals surface area (Å²) in [5.74, 6) is -0.235. The molecule has 2 nitrogen and oxygen atoms in total. The van der Waals surface area contributed by atoms with E-state index in [2.05, 4.69) is 18.7 Å². The number of para-hydroxylation sites is 1. The van der Waals surface area contributed by atoms with Gasteiger partial charge in [0.2, 0.25) is 0 Å². The second-order valence-corrected chi connectivity index (χ2v) is 4.97. The number of halogens is 1. The van der Waals surface area contributed by atoms with Gasteiger partial charge < -0.3 is 10.0 Å². The molecule has 1 N–H and O–H groups in total. The molecule has 88 valence electrons. The first kappa shape index (κ1) is 11.4. The standard InChI is InChI=1S/C13H18FNO/c1-13(2)7-4-8-15(13)12-10(9-16)5-3-6-11(12)14/h3,5-6,16H,4,7-9H2,1-2H3. The molecule has 0 aromatic heterocycles. The summed E-state index contributed by atoms with van der Waals surface area (Å²) in [6, 6.07) is 4.89. The molecule has 1 saturated heterocycles. The monoisotopic (exact) mass is 223 g/mol. The highest BCUT2D eigenvalue weighted by molar-refractivity contribution is 5.57. The fourth-order valence-corrected chi connectivity index (χ4v) is 2.51. The summed E-state index contributed by atoms with van der Waals surface area (Å²) in [4.78, 5) is 2.08. The third kappa shape index (κ3) is 1.80. The minimum absolute atomic E-state index is 0.0217. The first-order valence-electron chi connectivity index (χ1n) is 5.72. The van der Waals surface area contributed by atoms with Crippen molar-refractivity contribution in [1.82, 2.24) is 0 Å². The highest BCUT2D eigenvalue weighted by Gasteiger charge is 2.34. The summed E-state index contributed by atoms with van der Waals surface area (Å²) in [6.07, 6.45) is 2.14. The van der Waals surface area contributed by atoms with Crippen molar-refractivity contribution in [3.05, 3.63) is 29.6 Å². The molecule has 0 amide bonds. The van der Waals surface area contributed by atoms with E-state index in [1.54, 1.807) is 12.1 Å². The van der Waals surface area contributed by atoms with E-state index in [9.17, 15) is 9.50 Å². The number of hydrogen-bond donors (Lipinski definition) is 1. The summed E-state index contributed by atoms with van der Waals surface area (Å²) < 4.78 is 13.9. The number of aliphatic hydroxyl groups excluding tert-OH is 1. The van der Waals surface area contributed by atoms with Crippen LogP contribution in [0.15, 0.2) is 18.2 Å². The van der Waals surface area contributed by atoms with Gasteiger partial charge in [-0.1, -0.05) is 12.1 Å². The predicted molar refractivity (Wildman–Crippen MR) is 63.0 cm³/mol. The van der Waals surface area contributed by atoms with Crippen LogP contribution < -0.4 is 4.90 Å². The molecule has 1 aliphatic rings. The summed E-state index contributed by atoms with van der Waals surface area (Å²) in [6.45, 7) is 4.99. The first-order valence-corrected chi connectivity index (χ1v) is 5.72. The van der Waals surface area contributed by atoms with Crippen LogP contribution in [0.3, 0.4) is 0 Å². The smallest absolute Gasteiger partial charge is 0.146 e. The lowest BCUT2D eigenvalue weighted by atomic mass is 10.0. The second-order valence-electron chi connectivity index (χ2n) is 4.97. The van der Waals surface area contributed by atoms with E-state index in [4.69, 9.17) is 0 Å². The van der Waals surface area contributed by atoms with Crippen molar-refractivity contribution < 1.29 is 9.50 Å². The molecule has 1 aliphatic heterocycles. The predicted octanol–water partition coefficient (Wildman–Crippen LogP) is 2.70. The summed E-state index contributed by atoms with van der Waals surface area (Å²) in [5, 5.41) is 9.28. The highest BCUT2D eigenvalue weighted by atomic mass is 19.1. The molecule has 0 bridgehead atoms. The van der Waals surface area contributed by atoms with Crippen LogP contribution in [-0.4, -0.2) is 17.2 Å². The van der Waals surface area contributed by atoms with Crippen molar-refractivity contribution in [2.45, 2.75) is 38.8 Å². The van der Waals surface area contributed by atoms with E-state index in [0.717, 1.165) is 19.4 Å². The number of benzene rings is 1. The van der Waals surface area contributed by atoms with Crippen LogP contribution >= 0.6 is 0 Å². The number of anilines is 1. The Hall–Kier alpha value is -1.09. The molecule has 3 heteroatoms. The molecular weight excluding hydrogens is 205 g/mol. The van der Waals surface area contributed by atoms with Gasteiger partial charge in [-0.15, -0.1) is 0 Å². The first-order chi connectivity index (χ1) is 7.56. The van der Waals surface area contributed by atoms with Crippen LogP contribution in [-0.2, 0) is 6.61 Å². The number of rotatable bonds is 2. The molecule has 0 atom stereocenters. The van der Waals surface area contributed by atoms with E-state index in [0.29, 0.717) is 11.3 Å². The molecule has 1 heterocycles. The van der Waals surface area contributed by atoms with Gasteiger partial charge in [0.15, 0.2) is 0 Å². The normalized spacial score (nSPS) is 19.1. The maximum atomic E-state index is 13.9. The Morgan fingerprint density at radius 1 is 1.44 bits per heavy atom. The molecule has 16 heavy (non-hydrogen) atoms. The van der Waals surface area contributed by atoms with Crippen LogP contribution in [0.2, 0.25) is 0 Å². The van der Waals surface area contributed by atoms with E-state index >= 15 is 0 Å². The largest absolute Gasteiger partial charge is 0.392 e. The summed E-state index contributed by atoms with van der Waals surface area (Å²) >= 11 is 0. The van der Waals surface area contributed by atoms with Gasteiger partial charge in [0, 0.05) is 17.6 Å². The number of hydrogen-bond acceptors (Lipinski definition) is 2. The molecule has 0 radical (unpaired) electrons. The lowest BCUT2D eigenvalue weighted by Gasteiger charge is -2.35. The highest BCUT2D eigenvalue weighted by Crippen LogP contribution is 2.37. The van der Waals surface area contributed by atoms with E-state index in [1.165, 1.54) is 6.07 Å². The van der Waals surface area contributed by atoms with E-state index < -0.39 is 0 Å². The average molecular weight is 223 g/mol. The fourth-order valence-electron chi connectivity index (χ4n) is 2.51. The van der Waals surface area contributed by atoms with Gasteiger partial charge in [0.25, 0.3) is 0 Å². The lowest BCUT2D eigenvalue weighted by Crippen LogP contribution is -2.39. The molecule has 0 unspecified atom stereocenters.